The first-order valence-corrected chi connectivity index (χ1v) is 5.19. The van der Waals surface area contributed by atoms with Crippen LogP contribution in [0.5, 0.6) is 0 Å². The van der Waals surface area contributed by atoms with E-state index in [1.54, 1.807) is 0 Å². The molecule has 0 aromatic heterocycles. The summed E-state index contributed by atoms with van der Waals surface area (Å²) in [5.41, 5.74) is 4.98. The number of aliphatic hydroxyl groups is 1. The molecule has 0 aliphatic heterocycles. The number of hydrogen-bond acceptors (Lipinski definition) is 2. The van der Waals surface area contributed by atoms with Crippen LogP contribution in [0.1, 0.15) is 47.0 Å². The molecule has 1 fully saturated rings. The first kappa shape index (κ1) is 11.0. The molecule has 1 rings (SSSR count). The summed E-state index contributed by atoms with van der Waals surface area (Å²) in [7, 11) is 0. The van der Waals surface area contributed by atoms with Crippen LogP contribution in [0.3, 0.4) is 0 Å². The van der Waals surface area contributed by atoms with E-state index in [0.717, 1.165) is 19.3 Å². The molecule has 0 aromatic rings. The summed E-state index contributed by atoms with van der Waals surface area (Å²) in [6.07, 6.45) is 3.12. The molecule has 0 amide bonds. The van der Waals surface area contributed by atoms with Gasteiger partial charge in [-0.3, -0.25) is 0 Å². The van der Waals surface area contributed by atoms with Gasteiger partial charge >= 0.3 is 0 Å². The molecule has 1 aliphatic rings. The summed E-state index contributed by atoms with van der Waals surface area (Å²) in [4.78, 5) is 0. The van der Waals surface area contributed by atoms with Gasteiger partial charge in [-0.15, -0.1) is 0 Å². The van der Waals surface area contributed by atoms with Crippen molar-refractivity contribution in [3.8, 4) is 0 Å². The zero-order valence-electron chi connectivity index (χ0n) is 9.35. The molecule has 3 N–H and O–H groups in total. The molecule has 1 atom stereocenters. The maximum atomic E-state index is 10.7. The molecule has 0 radical (unpaired) electrons. The van der Waals surface area contributed by atoms with Crippen molar-refractivity contribution in [3.63, 3.8) is 0 Å². The van der Waals surface area contributed by atoms with Crippen LogP contribution < -0.4 is 5.73 Å². The van der Waals surface area contributed by atoms with Crippen LogP contribution in [-0.2, 0) is 0 Å². The third kappa shape index (κ3) is 1.40. The highest BCUT2D eigenvalue weighted by atomic mass is 16.3. The van der Waals surface area contributed by atoms with Crippen molar-refractivity contribution in [2.45, 2.75) is 52.6 Å². The lowest BCUT2D eigenvalue weighted by Crippen LogP contribution is -2.55. The van der Waals surface area contributed by atoms with Gasteiger partial charge in [-0.1, -0.05) is 27.7 Å². The molecule has 78 valence electrons. The first-order chi connectivity index (χ1) is 5.77. The second kappa shape index (κ2) is 2.96. The molecule has 0 heterocycles. The molecule has 2 nitrogen and oxygen atoms in total. The zero-order chi connectivity index (χ0) is 10.3. The second-order valence-electron chi connectivity index (χ2n) is 5.69. The summed E-state index contributed by atoms with van der Waals surface area (Å²) in [5, 5.41) is 10.7. The maximum Gasteiger partial charge on any atom is 0.0761 e. The summed E-state index contributed by atoms with van der Waals surface area (Å²) in [5.74, 6) is 0. The van der Waals surface area contributed by atoms with Gasteiger partial charge < -0.3 is 10.8 Å². The quantitative estimate of drug-likeness (QED) is 0.690. The Kier molecular flexibility index (Phi) is 2.50. The standard InChI is InChI=1S/C11H23NO/c1-9(2)6-5-7-11(9,13)10(3,4)8-12/h13H,5-8,12H2,1-4H3. The van der Waals surface area contributed by atoms with Crippen LogP contribution in [0.2, 0.25) is 0 Å². The van der Waals surface area contributed by atoms with E-state index < -0.39 is 5.60 Å². The van der Waals surface area contributed by atoms with Gasteiger partial charge in [0, 0.05) is 12.0 Å². The van der Waals surface area contributed by atoms with E-state index in [0.29, 0.717) is 6.54 Å². The molecule has 1 unspecified atom stereocenters. The van der Waals surface area contributed by atoms with Crippen LogP contribution in [0.15, 0.2) is 0 Å². The van der Waals surface area contributed by atoms with E-state index in [9.17, 15) is 5.11 Å². The Labute approximate surface area is 81.5 Å². The summed E-state index contributed by atoms with van der Waals surface area (Å²) in [6.45, 7) is 8.99. The van der Waals surface area contributed by atoms with Gasteiger partial charge in [0.2, 0.25) is 0 Å². The Morgan fingerprint density at radius 2 is 1.85 bits per heavy atom. The molecular weight excluding hydrogens is 162 g/mol. The Bertz CT molecular complexity index is 198. The molecular formula is C11H23NO. The minimum atomic E-state index is -0.589. The Morgan fingerprint density at radius 1 is 1.31 bits per heavy atom. The van der Waals surface area contributed by atoms with Crippen LogP contribution >= 0.6 is 0 Å². The summed E-state index contributed by atoms with van der Waals surface area (Å²) in [6, 6.07) is 0. The SMILES string of the molecule is CC(C)(CN)C1(O)CCCC1(C)C. The van der Waals surface area contributed by atoms with Crippen molar-refractivity contribution in [3.05, 3.63) is 0 Å². The van der Waals surface area contributed by atoms with Crippen molar-refractivity contribution in [2.24, 2.45) is 16.6 Å². The molecule has 1 aliphatic carbocycles. The van der Waals surface area contributed by atoms with Gasteiger partial charge in [0.25, 0.3) is 0 Å². The van der Waals surface area contributed by atoms with Crippen LogP contribution in [-0.4, -0.2) is 17.3 Å². The summed E-state index contributed by atoms with van der Waals surface area (Å²) >= 11 is 0. The first-order valence-electron chi connectivity index (χ1n) is 5.19. The van der Waals surface area contributed by atoms with Crippen LogP contribution in [0.4, 0.5) is 0 Å². The van der Waals surface area contributed by atoms with E-state index in [4.69, 9.17) is 5.73 Å². The fraction of sp³-hybridized carbons (Fsp3) is 1.00. The molecule has 0 saturated heterocycles. The van der Waals surface area contributed by atoms with Gasteiger partial charge in [-0.25, -0.2) is 0 Å². The molecule has 1 saturated carbocycles. The van der Waals surface area contributed by atoms with E-state index in [1.165, 1.54) is 0 Å². The van der Waals surface area contributed by atoms with Crippen molar-refractivity contribution in [2.75, 3.05) is 6.54 Å². The Balaban J connectivity index is 2.99. The fourth-order valence-electron chi connectivity index (χ4n) is 2.75. The van der Waals surface area contributed by atoms with Crippen molar-refractivity contribution >= 4 is 0 Å². The highest BCUT2D eigenvalue weighted by Gasteiger charge is 2.55. The molecule has 2 heteroatoms. The minimum Gasteiger partial charge on any atom is -0.389 e. The lowest BCUT2D eigenvalue weighted by molar-refractivity contribution is -0.127. The van der Waals surface area contributed by atoms with E-state index in [-0.39, 0.29) is 10.8 Å². The fourth-order valence-corrected chi connectivity index (χ4v) is 2.75. The third-order valence-corrected chi connectivity index (χ3v) is 4.09. The second-order valence-corrected chi connectivity index (χ2v) is 5.69. The van der Waals surface area contributed by atoms with E-state index in [1.807, 2.05) is 0 Å². The smallest absolute Gasteiger partial charge is 0.0761 e. The van der Waals surface area contributed by atoms with Crippen molar-refractivity contribution in [1.82, 2.24) is 0 Å². The van der Waals surface area contributed by atoms with Crippen LogP contribution in [0, 0.1) is 10.8 Å². The van der Waals surface area contributed by atoms with Gasteiger partial charge in [0.15, 0.2) is 0 Å². The maximum absolute atomic E-state index is 10.7. The normalized spacial score (nSPS) is 33.7. The van der Waals surface area contributed by atoms with Gasteiger partial charge in [0.1, 0.15) is 0 Å². The monoisotopic (exact) mass is 185 g/mol. The predicted molar refractivity (Wildman–Crippen MR) is 55.4 cm³/mol. The molecule has 0 bridgehead atoms. The van der Waals surface area contributed by atoms with Crippen molar-refractivity contribution in [1.29, 1.82) is 0 Å². The van der Waals surface area contributed by atoms with Gasteiger partial charge in [-0.05, 0) is 24.7 Å². The minimum absolute atomic E-state index is 0.00979. The number of rotatable bonds is 2. The average Bonchev–Trinajstić information content (AvgIpc) is 2.28. The molecule has 0 aromatic carbocycles. The highest BCUT2D eigenvalue weighted by molar-refractivity contribution is 5.07. The number of nitrogens with two attached hydrogens (primary N) is 1. The lowest BCUT2D eigenvalue weighted by atomic mass is 9.63. The average molecular weight is 185 g/mol. The Hall–Kier alpha value is -0.0800. The molecule has 0 spiro atoms. The van der Waals surface area contributed by atoms with Crippen LogP contribution in [0.25, 0.3) is 0 Å². The van der Waals surface area contributed by atoms with E-state index >= 15 is 0 Å². The highest BCUT2D eigenvalue weighted by Crippen LogP contribution is 2.54. The van der Waals surface area contributed by atoms with Crippen molar-refractivity contribution < 1.29 is 5.11 Å². The Morgan fingerprint density at radius 3 is 2.15 bits per heavy atom. The largest absolute Gasteiger partial charge is 0.389 e. The molecule has 13 heavy (non-hydrogen) atoms. The third-order valence-electron chi connectivity index (χ3n) is 4.09. The zero-order valence-corrected chi connectivity index (χ0v) is 9.35. The predicted octanol–water partition coefficient (Wildman–Crippen LogP) is 1.91. The summed E-state index contributed by atoms with van der Waals surface area (Å²) < 4.78 is 0. The number of hydrogen-bond donors (Lipinski definition) is 2. The topological polar surface area (TPSA) is 46.2 Å². The lowest BCUT2D eigenvalue weighted by Gasteiger charge is -2.48. The van der Waals surface area contributed by atoms with E-state index in [2.05, 4.69) is 27.7 Å². The van der Waals surface area contributed by atoms with Gasteiger partial charge in [-0.2, -0.15) is 0 Å². The van der Waals surface area contributed by atoms with Gasteiger partial charge in [0.05, 0.1) is 5.60 Å².